The normalized spacial score (nSPS) is 13.9. The molecule has 1 aliphatic heterocycles. The van der Waals surface area contributed by atoms with E-state index in [9.17, 15) is 0 Å². The highest BCUT2D eigenvalue weighted by atomic mass is 32.1. The molecule has 0 N–H and O–H groups in total. The summed E-state index contributed by atoms with van der Waals surface area (Å²) in [5.41, 5.74) is 6.58. The zero-order chi connectivity index (χ0) is 31.3. The van der Waals surface area contributed by atoms with Crippen LogP contribution >= 0.6 is 11.3 Å². The zero-order valence-corrected chi connectivity index (χ0v) is 26.6. The Balaban J connectivity index is 1.17. The van der Waals surface area contributed by atoms with Gasteiger partial charge in [0.15, 0.2) is 0 Å². The summed E-state index contributed by atoms with van der Waals surface area (Å²) in [6, 6.07) is 40.7. The lowest BCUT2D eigenvalue weighted by atomic mass is 9.73. The second-order valence-corrected chi connectivity index (χ2v) is 13.8. The first-order valence-corrected chi connectivity index (χ1v) is 16.6. The molecular formula is C41H28N4OS. The van der Waals surface area contributed by atoms with Crippen LogP contribution in [0.3, 0.4) is 0 Å². The molecule has 0 amide bonds. The maximum absolute atomic E-state index is 6.69. The van der Waals surface area contributed by atoms with E-state index < -0.39 is 0 Å². The number of rotatable bonds is 3. The highest BCUT2D eigenvalue weighted by molar-refractivity contribution is 7.26. The second kappa shape index (κ2) is 9.64. The van der Waals surface area contributed by atoms with Gasteiger partial charge < -0.3 is 4.74 Å². The third-order valence-corrected chi connectivity index (χ3v) is 10.9. The fraction of sp³-hybridized carbons (Fsp3) is 0.0732. The van der Waals surface area contributed by atoms with E-state index in [0.717, 1.165) is 44.9 Å². The molecule has 1 aliphatic rings. The van der Waals surface area contributed by atoms with Gasteiger partial charge in [-0.25, -0.2) is 9.97 Å². The van der Waals surface area contributed by atoms with Crippen LogP contribution in [0, 0.1) is 0 Å². The lowest BCUT2D eigenvalue weighted by Crippen LogP contribution is -2.31. The average molecular weight is 625 g/mol. The van der Waals surface area contributed by atoms with Crippen LogP contribution in [0.25, 0.3) is 47.5 Å². The fourth-order valence-electron chi connectivity index (χ4n) is 7.56. The largest absolute Gasteiger partial charge is 0.457 e. The molecule has 0 saturated heterocycles. The van der Waals surface area contributed by atoms with Crippen molar-refractivity contribution in [2.24, 2.45) is 0 Å². The molecule has 0 spiro atoms. The summed E-state index contributed by atoms with van der Waals surface area (Å²) in [5, 5.41) is 5.94. The monoisotopic (exact) mass is 624 g/mol. The van der Waals surface area contributed by atoms with Gasteiger partial charge in [-0.05, 0) is 71.1 Å². The van der Waals surface area contributed by atoms with E-state index in [0.29, 0.717) is 0 Å². The summed E-state index contributed by atoms with van der Waals surface area (Å²) in [6.45, 7) is 4.65. The molecule has 0 saturated carbocycles. The topological polar surface area (TPSA) is 42.7 Å². The van der Waals surface area contributed by atoms with Crippen LogP contribution in [0.5, 0.6) is 11.5 Å². The van der Waals surface area contributed by atoms with Gasteiger partial charge in [0.2, 0.25) is 0 Å². The summed E-state index contributed by atoms with van der Waals surface area (Å²) in [5.74, 6) is 2.42. The molecule has 0 atom stereocenters. The predicted molar refractivity (Wildman–Crippen MR) is 194 cm³/mol. The minimum absolute atomic E-state index is 0.248. The van der Waals surface area contributed by atoms with E-state index in [-0.39, 0.29) is 5.41 Å². The molecule has 0 radical (unpaired) electrons. The summed E-state index contributed by atoms with van der Waals surface area (Å²) in [7, 11) is 0. The van der Waals surface area contributed by atoms with E-state index >= 15 is 0 Å². The first-order chi connectivity index (χ1) is 23.1. The van der Waals surface area contributed by atoms with Gasteiger partial charge in [-0.15, -0.1) is 11.3 Å². The number of para-hydroxylation sites is 1. The van der Waals surface area contributed by atoms with E-state index in [1.54, 1.807) is 0 Å². The van der Waals surface area contributed by atoms with Crippen molar-refractivity contribution in [1.82, 2.24) is 14.4 Å². The minimum atomic E-state index is -0.248. The Morgan fingerprint density at radius 1 is 0.638 bits per heavy atom. The van der Waals surface area contributed by atoms with Crippen LogP contribution in [-0.2, 0) is 5.41 Å². The van der Waals surface area contributed by atoms with Crippen molar-refractivity contribution in [3.05, 3.63) is 145 Å². The molecule has 0 fully saturated rings. The second-order valence-electron chi connectivity index (χ2n) is 12.7. The average Bonchev–Trinajstić information content (AvgIpc) is 3.75. The van der Waals surface area contributed by atoms with Gasteiger partial charge in [0, 0.05) is 61.0 Å². The third kappa shape index (κ3) is 3.76. The maximum Gasteiger partial charge on any atom is 0.145 e. The molecule has 0 unspecified atom stereocenters. The van der Waals surface area contributed by atoms with Crippen LogP contribution in [0.2, 0.25) is 0 Å². The van der Waals surface area contributed by atoms with Crippen LogP contribution < -0.4 is 9.64 Å². The maximum atomic E-state index is 6.69. The smallest absolute Gasteiger partial charge is 0.145 e. The Kier molecular flexibility index (Phi) is 5.44. The number of hydrogen-bond acceptors (Lipinski definition) is 5. The molecule has 0 aliphatic carbocycles. The molecule has 5 nitrogen and oxygen atoms in total. The van der Waals surface area contributed by atoms with Crippen molar-refractivity contribution in [1.29, 1.82) is 0 Å². The van der Waals surface area contributed by atoms with Crippen molar-refractivity contribution in [2.75, 3.05) is 4.90 Å². The molecule has 9 aromatic rings. The quantitative estimate of drug-likeness (QED) is 0.183. The van der Waals surface area contributed by atoms with Gasteiger partial charge in [-0.1, -0.05) is 68.4 Å². The lowest BCUT2D eigenvalue weighted by Gasteiger charge is -2.42. The van der Waals surface area contributed by atoms with Crippen LogP contribution in [0.15, 0.2) is 134 Å². The SMILES string of the molecule is CC1(C)c2ccc(Oc3ccc4c5ccccc5n5ccnc5c4c3)cc2N(c2ccccn2)c2c1ccc1sc3ccccc3c21. The lowest BCUT2D eigenvalue weighted by molar-refractivity contribution is 0.482. The Bertz CT molecular complexity index is 2710. The van der Waals surface area contributed by atoms with Crippen molar-refractivity contribution < 1.29 is 4.74 Å². The van der Waals surface area contributed by atoms with E-state index in [4.69, 9.17) is 14.7 Å². The van der Waals surface area contributed by atoms with Crippen LogP contribution in [0.1, 0.15) is 25.0 Å². The third-order valence-electron chi connectivity index (χ3n) is 9.74. The van der Waals surface area contributed by atoms with Crippen molar-refractivity contribution in [3.63, 3.8) is 0 Å². The zero-order valence-electron chi connectivity index (χ0n) is 25.8. The number of fused-ring (bicyclic) bond motifs is 12. The molecule has 4 aromatic heterocycles. The van der Waals surface area contributed by atoms with Crippen LogP contribution in [-0.4, -0.2) is 14.4 Å². The standard InChI is InChI=1S/C41H28N4OS/c1-41(2)31-17-15-26(46-25-14-16-27-28-9-3-5-11-33(28)44-22-21-43-40(44)30(27)23-25)24-34(31)45(37-13-7-8-20-42-37)39-32(41)18-19-36-38(39)29-10-4-6-12-35(29)47-36/h3-24H,1-2H3. The summed E-state index contributed by atoms with van der Waals surface area (Å²) >= 11 is 1.84. The predicted octanol–water partition coefficient (Wildman–Crippen LogP) is 11.3. The Hall–Kier alpha value is -5.72. The summed E-state index contributed by atoms with van der Waals surface area (Å²) in [6.07, 6.45) is 5.75. The van der Waals surface area contributed by atoms with E-state index in [1.165, 1.54) is 42.4 Å². The van der Waals surface area contributed by atoms with E-state index in [2.05, 4.69) is 132 Å². The molecule has 0 bridgehead atoms. The highest BCUT2D eigenvalue weighted by Crippen LogP contribution is 2.56. The first-order valence-electron chi connectivity index (χ1n) is 15.8. The summed E-state index contributed by atoms with van der Waals surface area (Å²) < 4.78 is 11.4. The van der Waals surface area contributed by atoms with Crippen molar-refractivity contribution in [2.45, 2.75) is 19.3 Å². The molecule has 47 heavy (non-hydrogen) atoms. The van der Waals surface area contributed by atoms with Gasteiger partial charge in [0.05, 0.1) is 16.9 Å². The summed E-state index contributed by atoms with van der Waals surface area (Å²) in [4.78, 5) is 12.0. The van der Waals surface area contributed by atoms with Gasteiger partial charge >= 0.3 is 0 Å². The first kappa shape index (κ1) is 26.5. The number of ether oxygens (including phenoxy) is 1. The Morgan fingerprint density at radius 2 is 1.43 bits per heavy atom. The Labute approximate surface area is 274 Å². The number of aromatic nitrogens is 3. The molecule has 5 heterocycles. The highest BCUT2D eigenvalue weighted by Gasteiger charge is 2.39. The number of pyridine rings is 2. The molecule has 5 aromatic carbocycles. The van der Waals surface area contributed by atoms with Gasteiger partial charge in [0.1, 0.15) is 23.0 Å². The van der Waals surface area contributed by atoms with Crippen LogP contribution in [0.4, 0.5) is 17.2 Å². The minimum Gasteiger partial charge on any atom is -0.457 e. The van der Waals surface area contributed by atoms with Gasteiger partial charge in [0.25, 0.3) is 0 Å². The molecule has 224 valence electrons. The number of nitrogens with zero attached hydrogens (tertiary/aromatic N) is 4. The van der Waals surface area contributed by atoms with Crippen molar-refractivity contribution >= 4 is 76.0 Å². The number of imidazole rings is 1. The number of thiophene rings is 1. The van der Waals surface area contributed by atoms with Crippen molar-refractivity contribution in [3.8, 4) is 11.5 Å². The number of hydrogen-bond donors (Lipinski definition) is 0. The van der Waals surface area contributed by atoms with E-state index in [1.807, 2.05) is 36.0 Å². The number of anilines is 3. The Morgan fingerprint density at radius 3 is 2.32 bits per heavy atom. The van der Waals surface area contributed by atoms with Gasteiger partial charge in [-0.3, -0.25) is 9.30 Å². The van der Waals surface area contributed by atoms with Gasteiger partial charge in [-0.2, -0.15) is 0 Å². The fourth-order valence-corrected chi connectivity index (χ4v) is 8.67. The molecule has 10 rings (SSSR count). The molecule has 6 heteroatoms. The number of benzene rings is 5. The molecular weight excluding hydrogens is 597 g/mol.